The number of carbonyl (C=O) groups excluding carboxylic acids is 2. The lowest BCUT2D eigenvalue weighted by Crippen LogP contribution is -2.19. The van der Waals surface area contributed by atoms with Crippen LogP contribution >= 0.6 is 0 Å². The highest BCUT2D eigenvalue weighted by atomic mass is 16.5. The van der Waals surface area contributed by atoms with Crippen LogP contribution in [0.4, 0.5) is 0 Å². The molecule has 0 N–H and O–H groups in total. The minimum Gasteiger partial charge on any atom is -0.469 e. The average Bonchev–Trinajstić information content (AvgIpc) is 3.16. The second kappa shape index (κ2) is 12.7. The van der Waals surface area contributed by atoms with E-state index < -0.39 is 0 Å². The van der Waals surface area contributed by atoms with E-state index in [1.807, 2.05) is 25.1 Å². The summed E-state index contributed by atoms with van der Waals surface area (Å²) in [6, 6.07) is 11.5. The molecule has 0 saturated carbocycles. The van der Waals surface area contributed by atoms with Crippen LogP contribution in [-0.2, 0) is 32.0 Å². The van der Waals surface area contributed by atoms with Crippen LogP contribution in [0.15, 0.2) is 41.2 Å². The van der Waals surface area contributed by atoms with Crippen molar-refractivity contribution in [2.45, 2.75) is 60.4 Å². The van der Waals surface area contributed by atoms with Gasteiger partial charge in [0.05, 0.1) is 43.6 Å². The molecule has 7 heteroatoms. The van der Waals surface area contributed by atoms with Crippen LogP contribution < -0.4 is 5.56 Å². The summed E-state index contributed by atoms with van der Waals surface area (Å²) in [5.41, 5.74) is 5.22. The summed E-state index contributed by atoms with van der Waals surface area (Å²) in [5.74, 6) is -0.554. The Bertz CT molecular complexity index is 1210. The van der Waals surface area contributed by atoms with Crippen LogP contribution in [0.3, 0.4) is 0 Å². The largest absolute Gasteiger partial charge is 0.469 e. The fourth-order valence-electron chi connectivity index (χ4n) is 3.49. The molecule has 34 heavy (non-hydrogen) atoms. The van der Waals surface area contributed by atoms with Gasteiger partial charge < -0.3 is 14.0 Å². The number of esters is 2. The first-order valence-corrected chi connectivity index (χ1v) is 11.6. The summed E-state index contributed by atoms with van der Waals surface area (Å²) in [7, 11) is 1.34. The molecule has 0 aliphatic carbocycles. The number of fused-ring (bicyclic) bond motifs is 4. The van der Waals surface area contributed by atoms with Gasteiger partial charge in [0, 0.05) is 23.9 Å². The number of hydrogen-bond acceptors (Lipinski definition) is 6. The van der Waals surface area contributed by atoms with Crippen molar-refractivity contribution in [3.05, 3.63) is 63.4 Å². The molecule has 0 unspecified atom stereocenters. The monoisotopic (exact) mass is 466 g/mol. The molecule has 2 aromatic heterocycles. The molecule has 1 aromatic carbocycles. The molecule has 0 spiro atoms. The van der Waals surface area contributed by atoms with Gasteiger partial charge in [-0.3, -0.25) is 14.4 Å². The minimum atomic E-state index is -0.361. The number of methoxy groups -OCH3 is 1. The van der Waals surface area contributed by atoms with Gasteiger partial charge in [0.2, 0.25) is 0 Å². The van der Waals surface area contributed by atoms with E-state index in [-0.39, 0.29) is 23.9 Å². The van der Waals surface area contributed by atoms with Crippen molar-refractivity contribution in [1.82, 2.24) is 9.55 Å². The molecule has 0 radical (unpaired) electrons. The SMILES string of the molecule is CCC.CCCOC(C)=O.COC(=O)Cc1cc2n(c(=O)c1)Cc1cc3c(C)cccc3nc1-2. The van der Waals surface area contributed by atoms with Crippen LogP contribution in [0.25, 0.3) is 22.3 Å². The van der Waals surface area contributed by atoms with E-state index in [0.29, 0.717) is 18.7 Å². The summed E-state index contributed by atoms with van der Waals surface area (Å²) in [4.78, 5) is 38.7. The van der Waals surface area contributed by atoms with E-state index in [1.54, 1.807) is 4.57 Å². The molecule has 7 nitrogen and oxygen atoms in total. The summed E-state index contributed by atoms with van der Waals surface area (Å²) in [6.07, 6.45) is 2.24. The number of hydrogen-bond donors (Lipinski definition) is 0. The van der Waals surface area contributed by atoms with E-state index in [9.17, 15) is 14.4 Å². The fraction of sp³-hybridized carbons (Fsp3) is 0.407. The molecule has 1 aliphatic rings. The minimum absolute atomic E-state index is 0.0849. The van der Waals surface area contributed by atoms with Gasteiger partial charge in [-0.2, -0.15) is 0 Å². The van der Waals surface area contributed by atoms with E-state index in [2.05, 4.69) is 37.6 Å². The van der Waals surface area contributed by atoms with Gasteiger partial charge in [-0.05, 0) is 42.7 Å². The van der Waals surface area contributed by atoms with Gasteiger partial charge in [0.1, 0.15) is 0 Å². The fourth-order valence-corrected chi connectivity index (χ4v) is 3.49. The molecule has 4 rings (SSSR count). The number of ether oxygens (including phenoxy) is 2. The summed E-state index contributed by atoms with van der Waals surface area (Å²) >= 11 is 0. The van der Waals surface area contributed by atoms with Crippen molar-refractivity contribution in [2.24, 2.45) is 0 Å². The quantitative estimate of drug-likeness (QED) is 0.401. The molecular weight excluding hydrogens is 432 g/mol. The summed E-state index contributed by atoms with van der Waals surface area (Å²) < 4.78 is 10.9. The van der Waals surface area contributed by atoms with E-state index in [0.717, 1.165) is 39.8 Å². The van der Waals surface area contributed by atoms with Crippen molar-refractivity contribution in [1.29, 1.82) is 0 Å². The van der Waals surface area contributed by atoms with Gasteiger partial charge in [0.25, 0.3) is 5.56 Å². The topological polar surface area (TPSA) is 87.5 Å². The molecule has 0 bridgehead atoms. The highest BCUT2D eigenvalue weighted by molar-refractivity contribution is 5.86. The first-order valence-electron chi connectivity index (χ1n) is 11.6. The second-order valence-corrected chi connectivity index (χ2v) is 8.11. The molecule has 182 valence electrons. The average molecular weight is 467 g/mol. The maximum absolute atomic E-state index is 12.4. The zero-order valence-electron chi connectivity index (χ0n) is 20.9. The number of rotatable bonds is 4. The predicted molar refractivity (Wildman–Crippen MR) is 134 cm³/mol. The van der Waals surface area contributed by atoms with Gasteiger partial charge in [0.15, 0.2) is 0 Å². The van der Waals surface area contributed by atoms with Gasteiger partial charge in [-0.1, -0.05) is 39.3 Å². The molecule has 0 fully saturated rings. The third-order valence-corrected chi connectivity index (χ3v) is 5.00. The lowest BCUT2D eigenvalue weighted by molar-refractivity contribution is -0.141. The van der Waals surface area contributed by atoms with E-state index >= 15 is 0 Å². The van der Waals surface area contributed by atoms with E-state index in [4.69, 9.17) is 9.72 Å². The molecule has 0 amide bonds. The van der Waals surface area contributed by atoms with Crippen LogP contribution in [0.5, 0.6) is 0 Å². The van der Waals surface area contributed by atoms with Gasteiger partial charge >= 0.3 is 11.9 Å². The van der Waals surface area contributed by atoms with Crippen molar-refractivity contribution in [2.75, 3.05) is 13.7 Å². The Kier molecular flexibility index (Phi) is 9.98. The van der Waals surface area contributed by atoms with Gasteiger partial charge in [-0.15, -0.1) is 0 Å². The van der Waals surface area contributed by atoms with Crippen molar-refractivity contribution in [3.63, 3.8) is 0 Å². The number of aromatic nitrogens is 2. The second-order valence-electron chi connectivity index (χ2n) is 8.11. The lowest BCUT2D eigenvalue weighted by Gasteiger charge is -2.06. The van der Waals surface area contributed by atoms with Crippen molar-refractivity contribution < 1.29 is 19.1 Å². The Hall–Kier alpha value is -3.48. The van der Waals surface area contributed by atoms with Crippen LogP contribution in [0.1, 0.15) is 57.2 Å². The number of pyridine rings is 2. The highest BCUT2D eigenvalue weighted by Gasteiger charge is 2.23. The Balaban J connectivity index is 0.000000348. The first kappa shape index (κ1) is 26.8. The van der Waals surface area contributed by atoms with Crippen LogP contribution in [0.2, 0.25) is 0 Å². The van der Waals surface area contributed by atoms with Crippen molar-refractivity contribution >= 4 is 22.8 Å². The lowest BCUT2D eigenvalue weighted by atomic mass is 10.0. The Morgan fingerprint density at radius 1 is 1.12 bits per heavy atom. The smallest absolute Gasteiger partial charge is 0.309 e. The Morgan fingerprint density at radius 2 is 1.82 bits per heavy atom. The zero-order chi connectivity index (χ0) is 25.3. The molecule has 3 aromatic rings. The maximum Gasteiger partial charge on any atom is 0.309 e. The normalized spacial score (nSPS) is 10.8. The van der Waals surface area contributed by atoms with E-state index in [1.165, 1.54) is 26.5 Å². The first-order chi connectivity index (χ1) is 16.2. The molecule has 0 saturated heterocycles. The molecule has 0 atom stereocenters. The number of benzene rings is 1. The molecular formula is C27H34N2O5. The summed E-state index contributed by atoms with van der Waals surface area (Å²) in [6.45, 7) is 10.7. The Labute approximate surface area is 200 Å². The number of aryl methyl sites for hydroxylation is 1. The molecule has 1 aliphatic heterocycles. The standard InChI is InChI=1S/C19H16N2O3.C5H10O2.C3H8/c1-11-4-3-5-15-14(11)9-13-10-21-16(19(13)20-15)6-12(7-17(21)22)8-18(23)24-2;1-3-4-7-5(2)6;1-3-2/h3-7,9H,8,10H2,1-2H3;3-4H2,1-2H3;3H2,1-2H3. The molecule has 3 heterocycles. The number of nitrogens with zero attached hydrogens (tertiary/aromatic N) is 2. The maximum atomic E-state index is 12.4. The third-order valence-electron chi connectivity index (χ3n) is 5.00. The van der Waals surface area contributed by atoms with Crippen LogP contribution in [-0.4, -0.2) is 35.2 Å². The van der Waals surface area contributed by atoms with Gasteiger partial charge in [-0.25, -0.2) is 4.98 Å². The summed E-state index contributed by atoms with van der Waals surface area (Å²) in [5, 5.41) is 1.10. The number of carbonyl (C=O) groups is 2. The predicted octanol–water partition coefficient (Wildman–Crippen LogP) is 4.82. The zero-order valence-corrected chi connectivity index (χ0v) is 20.9. The van der Waals surface area contributed by atoms with Crippen molar-refractivity contribution in [3.8, 4) is 11.4 Å². The Morgan fingerprint density at radius 3 is 2.41 bits per heavy atom. The third kappa shape index (κ3) is 6.76. The highest BCUT2D eigenvalue weighted by Crippen LogP contribution is 2.32. The van der Waals surface area contributed by atoms with Crippen LogP contribution in [0, 0.1) is 6.92 Å².